The van der Waals surface area contributed by atoms with Gasteiger partial charge in [-0.25, -0.2) is 0 Å². The van der Waals surface area contributed by atoms with Gasteiger partial charge in [0, 0.05) is 6.04 Å². The number of fused-ring (bicyclic) bond motifs is 1. The van der Waals surface area contributed by atoms with E-state index in [2.05, 4.69) is 0 Å². The topological polar surface area (TPSA) is 63.3 Å². The van der Waals surface area contributed by atoms with Crippen LogP contribution in [0.2, 0.25) is 0 Å². The summed E-state index contributed by atoms with van der Waals surface area (Å²) in [6.07, 6.45) is 2.97. The lowest BCUT2D eigenvalue weighted by atomic mass is 9.85. The minimum absolute atomic E-state index is 0.0868. The summed E-state index contributed by atoms with van der Waals surface area (Å²) in [6, 6.07) is -0.0868. The van der Waals surface area contributed by atoms with Gasteiger partial charge in [-0.3, -0.25) is 4.79 Å². The highest BCUT2D eigenvalue weighted by molar-refractivity contribution is 5.71. The lowest BCUT2D eigenvalue weighted by Gasteiger charge is -2.24. The normalized spacial score (nSPS) is 48.1. The maximum Gasteiger partial charge on any atom is 0.308 e. The molecule has 0 aromatic rings. The van der Waals surface area contributed by atoms with Crippen molar-refractivity contribution in [2.45, 2.75) is 25.3 Å². The maximum atomic E-state index is 10.6. The molecule has 2 fully saturated rings. The highest BCUT2D eigenvalue weighted by atomic mass is 16.4. The van der Waals surface area contributed by atoms with Gasteiger partial charge in [0.15, 0.2) is 0 Å². The van der Waals surface area contributed by atoms with Crippen molar-refractivity contribution in [3.63, 3.8) is 0 Å². The predicted molar refractivity (Wildman–Crippen MR) is 39.9 cm³/mol. The largest absolute Gasteiger partial charge is 0.481 e. The van der Waals surface area contributed by atoms with Gasteiger partial charge in [0.1, 0.15) is 0 Å². The predicted octanol–water partition coefficient (Wildman–Crippen LogP) is 0.444. The second-order valence-corrected chi connectivity index (χ2v) is 3.84. The Morgan fingerprint density at radius 1 is 1.27 bits per heavy atom. The van der Waals surface area contributed by atoms with Crippen molar-refractivity contribution >= 4 is 5.97 Å². The molecule has 2 aliphatic carbocycles. The molecular weight excluding hydrogens is 142 g/mol. The van der Waals surface area contributed by atoms with Crippen LogP contribution in [-0.4, -0.2) is 17.1 Å². The van der Waals surface area contributed by atoms with E-state index in [-0.39, 0.29) is 12.0 Å². The van der Waals surface area contributed by atoms with Crippen molar-refractivity contribution in [1.82, 2.24) is 0 Å². The lowest BCUT2D eigenvalue weighted by Crippen LogP contribution is -2.38. The van der Waals surface area contributed by atoms with E-state index in [9.17, 15) is 4.79 Å². The molecule has 2 aliphatic rings. The van der Waals surface area contributed by atoms with Gasteiger partial charge in [-0.2, -0.15) is 0 Å². The quantitative estimate of drug-likeness (QED) is 0.577. The first-order chi connectivity index (χ1) is 5.18. The molecular formula is C8H13NO2. The molecule has 62 valence electrons. The first-order valence-electron chi connectivity index (χ1n) is 4.17. The van der Waals surface area contributed by atoms with E-state index in [1.165, 1.54) is 6.42 Å². The van der Waals surface area contributed by atoms with Crippen molar-refractivity contribution in [2.24, 2.45) is 23.5 Å². The Bertz CT molecular complexity index is 193. The summed E-state index contributed by atoms with van der Waals surface area (Å²) >= 11 is 0. The van der Waals surface area contributed by atoms with E-state index in [1.807, 2.05) is 0 Å². The van der Waals surface area contributed by atoms with Crippen LogP contribution in [0.15, 0.2) is 0 Å². The van der Waals surface area contributed by atoms with Crippen LogP contribution in [-0.2, 0) is 4.79 Å². The minimum atomic E-state index is -0.706. The monoisotopic (exact) mass is 155 g/mol. The molecule has 0 aromatic heterocycles. The Hall–Kier alpha value is -0.570. The Balaban J connectivity index is 2.03. The number of carbonyl (C=O) groups is 1. The van der Waals surface area contributed by atoms with Crippen LogP contribution in [0.3, 0.4) is 0 Å². The van der Waals surface area contributed by atoms with E-state index in [0.29, 0.717) is 5.92 Å². The summed E-state index contributed by atoms with van der Waals surface area (Å²) in [5.74, 6) is 0.484. The second-order valence-electron chi connectivity index (χ2n) is 3.84. The smallest absolute Gasteiger partial charge is 0.308 e. The van der Waals surface area contributed by atoms with Gasteiger partial charge in [0.25, 0.3) is 0 Å². The van der Waals surface area contributed by atoms with Crippen LogP contribution in [0.4, 0.5) is 0 Å². The molecule has 0 aromatic carbocycles. The van der Waals surface area contributed by atoms with Gasteiger partial charge >= 0.3 is 5.97 Å². The molecule has 4 unspecified atom stereocenters. The second kappa shape index (κ2) is 2.21. The van der Waals surface area contributed by atoms with Crippen LogP contribution in [0.25, 0.3) is 0 Å². The van der Waals surface area contributed by atoms with Crippen LogP contribution in [0, 0.1) is 17.8 Å². The highest BCUT2D eigenvalue weighted by Crippen LogP contribution is 2.50. The van der Waals surface area contributed by atoms with Crippen LogP contribution >= 0.6 is 0 Å². The molecule has 11 heavy (non-hydrogen) atoms. The molecule has 0 spiro atoms. The maximum absolute atomic E-state index is 10.6. The zero-order valence-electron chi connectivity index (χ0n) is 6.36. The lowest BCUT2D eigenvalue weighted by molar-refractivity contribution is -0.143. The SMILES string of the molecule is NC1CC2CC2CC1C(=O)O. The molecule has 2 rings (SSSR count). The minimum Gasteiger partial charge on any atom is -0.481 e. The van der Waals surface area contributed by atoms with Gasteiger partial charge in [-0.05, 0) is 31.1 Å². The molecule has 3 nitrogen and oxygen atoms in total. The van der Waals surface area contributed by atoms with Gasteiger partial charge in [0.2, 0.25) is 0 Å². The number of aliphatic carboxylic acids is 1. The molecule has 2 saturated carbocycles. The number of hydrogen-bond donors (Lipinski definition) is 2. The van der Waals surface area contributed by atoms with E-state index >= 15 is 0 Å². The van der Waals surface area contributed by atoms with E-state index in [0.717, 1.165) is 18.8 Å². The third-order valence-corrected chi connectivity index (χ3v) is 3.03. The Labute approximate surface area is 65.6 Å². The average molecular weight is 155 g/mol. The summed E-state index contributed by atoms with van der Waals surface area (Å²) in [4.78, 5) is 10.6. The molecule has 0 radical (unpaired) electrons. The van der Waals surface area contributed by atoms with Crippen molar-refractivity contribution in [2.75, 3.05) is 0 Å². The van der Waals surface area contributed by atoms with Crippen molar-refractivity contribution in [3.8, 4) is 0 Å². The van der Waals surface area contributed by atoms with Gasteiger partial charge in [-0.15, -0.1) is 0 Å². The fourth-order valence-corrected chi connectivity index (χ4v) is 2.19. The zero-order valence-corrected chi connectivity index (χ0v) is 6.36. The molecule has 0 saturated heterocycles. The van der Waals surface area contributed by atoms with Gasteiger partial charge < -0.3 is 10.8 Å². The summed E-state index contributed by atoms with van der Waals surface area (Å²) in [7, 11) is 0. The molecule has 3 heteroatoms. The third-order valence-electron chi connectivity index (χ3n) is 3.03. The Morgan fingerprint density at radius 2 is 1.91 bits per heavy atom. The van der Waals surface area contributed by atoms with Crippen molar-refractivity contribution in [1.29, 1.82) is 0 Å². The first kappa shape index (κ1) is 7.10. The van der Waals surface area contributed by atoms with Gasteiger partial charge in [0.05, 0.1) is 5.92 Å². The molecule has 0 bridgehead atoms. The average Bonchev–Trinajstić information content (AvgIpc) is 2.63. The highest BCUT2D eigenvalue weighted by Gasteiger charge is 2.47. The summed E-state index contributed by atoms with van der Waals surface area (Å²) in [5.41, 5.74) is 5.72. The van der Waals surface area contributed by atoms with Gasteiger partial charge in [-0.1, -0.05) is 0 Å². The standard InChI is InChI=1S/C8H13NO2/c9-7-3-5-1-4(5)2-6(7)8(10)11/h4-7H,1-3,9H2,(H,10,11). The molecule has 3 N–H and O–H groups in total. The summed E-state index contributed by atoms with van der Waals surface area (Å²) in [5, 5.41) is 8.76. The number of rotatable bonds is 1. The van der Waals surface area contributed by atoms with E-state index in [1.54, 1.807) is 0 Å². The van der Waals surface area contributed by atoms with Crippen LogP contribution < -0.4 is 5.73 Å². The molecule has 0 aliphatic heterocycles. The van der Waals surface area contributed by atoms with Crippen molar-refractivity contribution < 1.29 is 9.90 Å². The van der Waals surface area contributed by atoms with Crippen LogP contribution in [0.5, 0.6) is 0 Å². The van der Waals surface area contributed by atoms with Crippen molar-refractivity contribution in [3.05, 3.63) is 0 Å². The Morgan fingerprint density at radius 3 is 2.55 bits per heavy atom. The Kier molecular flexibility index (Phi) is 1.42. The number of nitrogens with two attached hydrogens (primary N) is 1. The fraction of sp³-hybridized carbons (Fsp3) is 0.875. The fourth-order valence-electron chi connectivity index (χ4n) is 2.19. The van der Waals surface area contributed by atoms with E-state index in [4.69, 9.17) is 10.8 Å². The number of hydrogen-bond acceptors (Lipinski definition) is 2. The number of carboxylic acid groups (broad SMARTS) is 1. The molecule has 4 atom stereocenters. The summed E-state index contributed by atoms with van der Waals surface area (Å²) in [6.45, 7) is 0. The molecule has 0 heterocycles. The third kappa shape index (κ3) is 1.13. The summed E-state index contributed by atoms with van der Waals surface area (Å²) < 4.78 is 0. The number of carboxylic acids is 1. The van der Waals surface area contributed by atoms with Crippen LogP contribution in [0.1, 0.15) is 19.3 Å². The molecule has 0 amide bonds. The first-order valence-corrected chi connectivity index (χ1v) is 4.17. The zero-order chi connectivity index (χ0) is 8.01. The van der Waals surface area contributed by atoms with E-state index < -0.39 is 5.97 Å².